The SMILES string of the molecule is CCN1CCN(c2ccccc2NC(=O)c2ccc(Cl)c(I)c2)CC1. The van der Waals surface area contributed by atoms with Gasteiger partial charge in [0.1, 0.15) is 0 Å². The number of benzene rings is 2. The number of halogens is 2. The lowest BCUT2D eigenvalue weighted by Crippen LogP contribution is -2.46. The summed E-state index contributed by atoms with van der Waals surface area (Å²) in [5, 5.41) is 3.71. The maximum Gasteiger partial charge on any atom is 0.255 e. The average molecular weight is 470 g/mol. The number of likely N-dealkylation sites (N-methyl/N-ethyl adjacent to an activating group) is 1. The number of amides is 1. The number of hydrogen-bond donors (Lipinski definition) is 1. The van der Waals surface area contributed by atoms with Crippen LogP contribution in [-0.2, 0) is 0 Å². The number of para-hydroxylation sites is 2. The van der Waals surface area contributed by atoms with Gasteiger partial charge in [0.15, 0.2) is 0 Å². The Hall–Kier alpha value is -1.31. The van der Waals surface area contributed by atoms with Crippen LogP contribution in [0.1, 0.15) is 17.3 Å². The molecule has 0 saturated carbocycles. The van der Waals surface area contributed by atoms with E-state index >= 15 is 0 Å². The summed E-state index contributed by atoms with van der Waals surface area (Å²) in [5.74, 6) is -0.116. The zero-order valence-electron chi connectivity index (χ0n) is 14.1. The highest BCUT2D eigenvalue weighted by Crippen LogP contribution is 2.27. The van der Waals surface area contributed by atoms with Crippen molar-refractivity contribution in [1.82, 2.24) is 4.90 Å². The van der Waals surface area contributed by atoms with Gasteiger partial charge in [-0.05, 0) is 59.5 Å². The van der Waals surface area contributed by atoms with Crippen molar-refractivity contribution in [2.24, 2.45) is 0 Å². The maximum atomic E-state index is 12.6. The Morgan fingerprint density at radius 2 is 1.88 bits per heavy atom. The van der Waals surface area contributed by atoms with Gasteiger partial charge in [0.25, 0.3) is 5.91 Å². The number of anilines is 2. The number of piperazine rings is 1. The molecule has 0 bridgehead atoms. The Morgan fingerprint density at radius 1 is 1.16 bits per heavy atom. The van der Waals surface area contributed by atoms with Crippen molar-refractivity contribution >= 4 is 51.5 Å². The second-order valence-electron chi connectivity index (χ2n) is 6.02. The van der Waals surface area contributed by atoms with E-state index in [4.69, 9.17) is 11.6 Å². The summed E-state index contributed by atoms with van der Waals surface area (Å²) in [6, 6.07) is 13.3. The zero-order chi connectivity index (χ0) is 17.8. The van der Waals surface area contributed by atoms with Gasteiger partial charge in [-0.2, -0.15) is 0 Å². The molecule has 1 N–H and O–H groups in total. The quantitative estimate of drug-likeness (QED) is 0.677. The summed E-state index contributed by atoms with van der Waals surface area (Å²) < 4.78 is 0.871. The van der Waals surface area contributed by atoms with Crippen LogP contribution in [0.25, 0.3) is 0 Å². The second-order valence-corrected chi connectivity index (χ2v) is 7.59. The predicted octanol–water partition coefficient (Wildman–Crippen LogP) is 4.34. The third-order valence-electron chi connectivity index (χ3n) is 4.49. The fourth-order valence-electron chi connectivity index (χ4n) is 2.99. The third-order valence-corrected chi connectivity index (χ3v) is 6.04. The lowest BCUT2D eigenvalue weighted by Gasteiger charge is -2.36. The summed E-state index contributed by atoms with van der Waals surface area (Å²) in [5.41, 5.74) is 2.54. The molecule has 0 aromatic heterocycles. The van der Waals surface area contributed by atoms with E-state index in [0.717, 1.165) is 47.7 Å². The van der Waals surface area contributed by atoms with Gasteiger partial charge in [-0.1, -0.05) is 30.7 Å². The summed E-state index contributed by atoms with van der Waals surface area (Å²) in [7, 11) is 0. The highest BCUT2D eigenvalue weighted by molar-refractivity contribution is 14.1. The van der Waals surface area contributed by atoms with Gasteiger partial charge in [0.05, 0.1) is 16.4 Å². The molecule has 0 unspecified atom stereocenters. The largest absolute Gasteiger partial charge is 0.367 e. The molecule has 1 saturated heterocycles. The second kappa shape index (κ2) is 8.38. The predicted molar refractivity (Wildman–Crippen MR) is 113 cm³/mol. The van der Waals surface area contributed by atoms with Gasteiger partial charge < -0.3 is 15.1 Å². The van der Waals surface area contributed by atoms with E-state index in [2.05, 4.69) is 50.7 Å². The van der Waals surface area contributed by atoms with Crippen LogP contribution in [0, 0.1) is 3.57 Å². The van der Waals surface area contributed by atoms with E-state index in [1.807, 2.05) is 18.2 Å². The molecule has 0 aliphatic carbocycles. The molecular formula is C19H21ClIN3O. The number of carbonyl (C=O) groups is 1. The number of nitrogens with one attached hydrogen (secondary N) is 1. The molecular weight excluding hydrogens is 449 g/mol. The first-order valence-corrected chi connectivity index (χ1v) is 9.87. The molecule has 132 valence electrons. The fraction of sp³-hybridized carbons (Fsp3) is 0.316. The molecule has 0 radical (unpaired) electrons. The summed E-state index contributed by atoms with van der Waals surface area (Å²) in [6.07, 6.45) is 0. The molecule has 4 nitrogen and oxygen atoms in total. The van der Waals surface area contributed by atoms with Crippen LogP contribution >= 0.6 is 34.2 Å². The van der Waals surface area contributed by atoms with Crippen molar-refractivity contribution in [2.75, 3.05) is 42.9 Å². The highest BCUT2D eigenvalue weighted by atomic mass is 127. The van der Waals surface area contributed by atoms with Crippen molar-refractivity contribution in [3.63, 3.8) is 0 Å². The Labute approximate surface area is 167 Å². The molecule has 25 heavy (non-hydrogen) atoms. The minimum Gasteiger partial charge on any atom is -0.367 e. The van der Waals surface area contributed by atoms with Gasteiger partial charge in [-0.3, -0.25) is 4.79 Å². The summed E-state index contributed by atoms with van der Waals surface area (Å²) in [4.78, 5) is 17.4. The van der Waals surface area contributed by atoms with E-state index in [9.17, 15) is 4.79 Å². The lowest BCUT2D eigenvalue weighted by atomic mass is 10.1. The first-order valence-electron chi connectivity index (χ1n) is 8.41. The standard InChI is InChI=1S/C19H21ClIN3O/c1-2-23-9-11-24(12-10-23)18-6-4-3-5-17(18)22-19(25)14-7-8-15(20)16(21)13-14/h3-8,13H,2,9-12H2,1H3,(H,22,25). The van der Waals surface area contributed by atoms with Gasteiger partial charge >= 0.3 is 0 Å². The van der Waals surface area contributed by atoms with Gasteiger partial charge in [-0.15, -0.1) is 0 Å². The lowest BCUT2D eigenvalue weighted by molar-refractivity contribution is 0.102. The van der Waals surface area contributed by atoms with E-state index in [0.29, 0.717) is 10.6 Å². The molecule has 0 atom stereocenters. The first-order chi connectivity index (χ1) is 12.1. The molecule has 1 aliphatic heterocycles. The minimum absolute atomic E-state index is 0.116. The van der Waals surface area contributed by atoms with E-state index in [1.165, 1.54) is 0 Å². The number of rotatable bonds is 4. The van der Waals surface area contributed by atoms with Crippen LogP contribution in [0.5, 0.6) is 0 Å². The molecule has 1 amide bonds. The molecule has 2 aromatic rings. The van der Waals surface area contributed by atoms with Crippen LogP contribution in [0.15, 0.2) is 42.5 Å². The minimum atomic E-state index is -0.116. The number of carbonyl (C=O) groups excluding carboxylic acids is 1. The van der Waals surface area contributed by atoms with Crippen LogP contribution < -0.4 is 10.2 Å². The summed E-state index contributed by atoms with van der Waals surface area (Å²) >= 11 is 8.18. The average Bonchev–Trinajstić information content (AvgIpc) is 2.64. The molecule has 2 aromatic carbocycles. The number of nitrogens with zero attached hydrogens (tertiary/aromatic N) is 2. The topological polar surface area (TPSA) is 35.6 Å². The Balaban J connectivity index is 1.77. The van der Waals surface area contributed by atoms with Crippen molar-refractivity contribution < 1.29 is 4.79 Å². The van der Waals surface area contributed by atoms with Crippen molar-refractivity contribution in [1.29, 1.82) is 0 Å². The van der Waals surface area contributed by atoms with E-state index in [-0.39, 0.29) is 5.91 Å². The van der Waals surface area contributed by atoms with Gasteiger partial charge in [0, 0.05) is 35.3 Å². The highest BCUT2D eigenvalue weighted by Gasteiger charge is 2.19. The van der Waals surface area contributed by atoms with Crippen LogP contribution in [0.4, 0.5) is 11.4 Å². The van der Waals surface area contributed by atoms with Crippen LogP contribution in [0.3, 0.4) is 0 Å². The Kier molecular flexibility index (Phi) is 6.19. The summed E-state index contributed by atoms with van der Waals surface area (Å²) in [6.45, 7) is 7.32. The van der Waals surface area contributed by atoms with Crippen LogP contribution in [0.2, 0.25) is 5.02 Å². The van der Waals surface area contributed by atoms with E-state index < -0.39 is 0 Å². The molecule has 0 spiro atoms. The van der Waals surface area contributed by atoms with Crippen LogP contribution in [-0.4, -0.2) is 43.5 Å². The molecule has 6 heteroatoms. The third kappa shape index (κ3) is 4.46. The first kappa shape index (κ1) is 18.5. The fourth-order valence-corrected chi connectivity index (χ4v) is 3.62. The monoisotopic (exact) mass is 469 g/mol. The van der Waals surface area contributed by atoms with Crippen molar-refractivity contribution in [3.05, 3.63) is 56.6 Å². The van der Waals surface area contributed by atoms with Gasteiger partial charge in [0.2, 0.25) is 0 Å². The Morgan fingerprint density at radius 3 is 2.56 bits per heavy atom. The smallest absolute Gasteiger partial charge is 0.255 e. The zero-order valence-corrected chi connectivity index (χ0v) is 17.0. The van der Waals surface area contributed by atoms with Crippen molar-refractivity contribution in [2.45, 2.75) is 6.92 Å². The maximum absolute atomic E-state index is 12.6. The molecule has 3 rings (SSSR count). The van der Waals surface area contributed by atoms with E-state index in [1.54, 1.807) is 18.2 Å². The number of hydrogen-bond acceptors (Lipinski definition) is 3. The normalized spacial score (nSPS) is 15.2. The van der Waals surface area contributed by atoms with Crippen molar-refractivity contribution in [3.8, 4) is 0 Å². The Bertz CT molecular complexity index is 760. The molecule has 1 heterocycles. The van der Waals surface area contributed by atoms with Gasteiger partial charge in [-0.25, -0.2) is 0 Å². The molecule has 1 fully saturated rings. The molecule has 1 aliphatic rings.